The normalized spacial score (nSPS) is 10.9. The molecule has 8 nitrogen and oxygen atoms in total. The molecule has 2 aromatic carbocycles. The molecule has 2 amide bonds. The minimum absolute atomic E-state index is 0.0394. The Balaban J connectivity index is 1.74. The largest absolute Gasteiger partial charge is 0.356 e. The van der Waals surface area contributed by atoms with Crippen LogP contribution in [0.2, 0.25) is 5.02 Å². The van der Waals surface area contributed by atoms with Crippen molar-refractivity contribution >= 4 is 34.3 Å². The van der Waals surface area contributed by atoms with Crippen molar-refractivity contribution in [2.24, 2.45) is 0 Å². The summed E-state index contributed by atoms with van der Waals surface area (Å²) in [6.07, 6.45) is 2.25. The van der Waals surface area contributed by atoms with Crippen molar-refractivity contribution in [3.05, 3.63) is 80.0 Å². The van der Waals surface area contributed by atoms with Crippen LogP contribution in [0.15, 0.2) is 58.1 Å². The van der Waals surface area contributed by atoms with Gasteiger partial charge in [-0.05, 0) is 49.1 Å². The zero-order valence-corrected chi connectivity index (χ0v) is 19.9. The molecule has 3 aromatic rings. The summed E-state index contributed by atoms with van der Waals surface area (Å²) < 4.78 is 2.47. The SMILES string of the molecule is CCCNC(=O)CCCCn1c(=O)c2ccccc2n(CC(=O)NCc2ccc(Cl)cc2)c1=O. The van der Waals surface area contributed by atoms with Gasteiger partial charge in [0.2, 0.25) is 11.8 Å². The molecule has 0 atom stereocenters. The fraction of sp³-hybridized carbons (Fsp3) is 0.360. The molecule has 3 rings (SSSR count). The summed E-state index contributed by atoms with van der Waals surface area (Å²) in [5, 5.41) is 6.59. The van der Waals surface area contributed by atoms with Gasteiger partial charge in [-0.15, -0.1) is 0 Å². The summed E-state index contributed by atoms with van der Waals surface area (Å²) in [6.45, 7) is 2.87. The fourth-order valence-electron chi connectivity index (χ4n) is 3.63. The highest BCUT2D eigenvalue weighted by molar-refractivity contribution is 6.30. The predicted octanol–water partition coefficient (Wildman–Crippen LogP) is 2.83. The summed E-state index contributed by atoms with van der Waals surface area (Å²) in [4.78, 5) is 50.5. The summed E-state index contributed by atoms with van der Waals surface area (Å²) in [7, 11) is 0. The van der Waals surface area contributed by atoms with E-state index >= 15 is 0 Å². The van der Waals surface area contributed by atoms with Crippen molar-refractivity contribution in [2.75, 3.05) is 6.54 Å². The van der Waals surface area contributed by atoms with Crippen molar-refractivity contribution in [3.8, 4) is 0 Å². The van der Waals surface area contributed by atoms with E-state index in [-0.39, 0.29) is 24.9 Å². The standard InChI is InChI=1S/C25H29ClN4O4/c1-2-14-27-22(31)9-5-6-15-29-24(33)20-7-3-4-8-21(20)30(25(29)34)17-23(32)28-16-18-10-12-19(26)13-11-18/h3-4,7-8,10-13H,2,5-6,9,14-17H2,1H3,(H,27,31)(H,28,32). The molecule has 0 unspecified atom stereocenters. The summed E-state index contributed by atoms with van der Waals surface area (Å²) in [5.74, 6) is -0.387. The van der Waals surface area contributed by atoms with Gasteiger partial charge in [-0.1, -0.05) is 42.8 Å². The molecule has 180 valence electrons. The maximum absolute atomic E-state index is 13.2. The second-order valence-electron chi connectivity index (χ2n) is 8.05. The number of unbranched alkanes of at least 4 members (excludes halogenated alkanes) is 1. The van der Waals surface area contributed by atoms with Crippen LogP contribution in [0.1, 0.15) is 38.2 Å². The van der Waals surface area contributed by atoms with Gasteiger partial charge in [-0.3, -0.25) is 23.5 Å². The van der Waals surface area contributed by atoms with Crippen molar-refractivity contribution in [1.82, 2.24) is 19.8 Å². The van der Waals surface area contributed by atoms with Crippen molar-refractivity contribution in [2.45, 2.75) is 52.2 Å². The van der Waals surface area contributed by atoms with Gasteiger partial charge in [0, 0.05) is 31.1 Å². The number of amides is 2. The zero-order valence-electron chi connectivity index (χ0n) is 19.2. The van der Waals surface area contributed by atoms with Gasteiger partial charge in [-0.2, -0.15) is 0 Å². The molecule has 2 N–H and O–H groups in total. The monoisotopic (exact) mass is 484 g/mol. The van der Waals surface area contributed by atoms with E-state index in [1.807, 2.05) is 19.1 Å². The molecule has 0 bridgehead atoms. The molecular formula is C25H29ClN4O4. The number of hydrogen-bond donors (Lipinski definition) is 2. The van der Waals surface area contributed by atoms with Crippen LogP contribution in [0.4, 0.5) is 0 Å². The first-order valence-corrected chi connectivity index (χ1v) is 11.8. The van der Waals surface area contributed by atoms with Gasteiger partial charge in [-0.25, -0.2) is 4.79 Å². The molecule has 0 aliphatic carbocycles. The van der Waals surface area contributed by atoms with E-state index in [2.05, 4.69) is 10.6 Å². The lowest BCUT2D eigenvalue weighted by molar-refractivity contribution is -0.122. The Kier molecular flexibility index (Phi) is 9.04. The predicted molar refractivity (Wildman–Crippen MR) is 133 cm³/mol. The van der Waals surface area contributed by atoms with Crippen molar-refractivity contribution < 1.29 is 9.59 Å². The van der Waals surface area contributed by atoms with Crippen LogP contribution in [0.3, 0.4) is 0 Å². The number of halogens is 1. The van der Waals surface area contributed by atoms with E-state index in [0.717, 1.165) is 16.6 Å². The van der Waals surface area contributed by atoms with E-state index < -0.39 is 11.2 Å². The van der Waals surface area contributed by atoms with Crippen LogP contribution >= 0.6 is 11.6 Å². The number of para-hydroxylation sites is 1. The summed E-state index contributed by atoms with van der Waals surface area (Å²) >= 11 is 5.89. The Morgan fingerprint density at radius 2 is 1.65 bits per heavy atom. The number of carbonyl (C=O) groups excluding carboxylic acids is 2. The molecule has 1 aromatic heterocycles. The molecule has 9 heteroatoms. The summed E-state index contributed by atoms with van der Waals surface area (Å²) in [5.41, 5.74) is 0.354. The van der Waals surface area contributed by atoms with E-state index in [1.165, 1.54) is 4.57 Å². The smallest absolute Gasteiger partial charge is 0.331 e. The van der Waals surface area contributed by atoms with Gasteiger partial charge in [0.25, 0.3) is 5.56 Å². The lowest BCUT2D eigenvalue weighted by Gasteiger charge is -2.14. The lowest BCUT2D eigenvalue weighted by atomic mass is 10.2. The Morgan fingerprint density at radius 3 is 2.38 bits per heavy atom. The number of rotatable bonds is 11. The second kappa shape index (κ2) is 12.2. The third kappa shape index (κ3) is 6.57. The van der Waals surface area contributed by atoms with Gasteiger partial charge in [0.15, 0.2) is 0 Å². The van der Waals surface area contributed by atoms with Crippen LogP contribution in [0.25, 0.3) is 10.9 Å². The van der Waals surface area contributed by atoms with Crippen molar-refractivity contribution in [1.29, 1.82) is 0 Å². The first kappa shape index (κ1) is 25.2. The highest BCUT2D eigenvalue weighted by atomic mass is 35.5. The molecule has 0 aliphatic rings. The average molecular weight is 485 g/mol. The molecular weight excluding hydrogens is 456 g/mol. The fourth-order valence-corrected chi connectivity index (χ4v) is 3.76. The number of hydrogen-bond acceptors (Lipinski definition) is 4. The topological polar surface area (TPSA) is 102 Å². The number of benzene rings is 2. The minimum atomic E-state index is -0.541. The van der Waals surface area contributed by atoms with Gasteiger partial charge in [0.05, 0.1) is 10.9 Å². The van der Waals surface area contributed by atoms with E-state index in [0.29, 0.717) is 48.3 Å². The molecule has 1 heterocycles. The third-order valence-electron chi connectivity index (χ3n) is 5.44. The quantitative estimate of drug-likeness (QED) is 0.408. The lowest BCUT2D eigenvalue weighted by Crippen LogP contribution is -2.42. The molecule has 0 saturated heterocycles. The van der Waals surface area contributed by atoms with Crippen LogP contribution in [0.5, 0.6) is 0 Å². The first-order valence-electron chi connectivity index (χ1n) is 11.4. The highest BCUT2D eigenvalue weighted by Crippen LogP contribution is 2.10. The maximum Gasteiger partial charge on any atom is 0.331 e. The number of nitrogens with zero attached hydrogens (tertiary/aromatic N) is 2. The first-order chi connectivity index (χ1) is 16.4. The zero-order chi connectivity index (χ0) is 24.5. The Labute approximate surface area is 202 Å². The Hall–Kier alpha value is -3.39. The van der Waals surface area contributed by atoms with Crippen LogP contribution in [0, 0.1) is 0 Å². The maximum atomic E-state index is 13.2. The van der Waals surface area contributed by atoms with Crippen LogP contribution in [-0.2, 0) is 29.2 Å². The van der Waals surface area contributed by atoms with Crippen LogP contribution in [-0.4, -0.2) is 27.5 Å². The average Bonchev–Trinajstić information content (AvgIpc) is 2.84. The van der Waals surface area contributed by atoms with Gasteiger partial charge < -0.3 is 10.6 Å². The molecule has 34 heavy (non-hydrogen) atoms. The molecule has 0 saturated carbocycles. The molecule has 0 radical (unpaired) electrons. The number of carbonyl (C=O) groups is 2. The Morgan fingerprint density at radius 1 is 0.912 bits per heavy atom. The molecule has 0 aliphatic heterocycles. The molecule has 0 spiro atoms. The number of fused-ring (bicyclic) bond motifs is 1. The van der Waals surface area contributed by atoms with Crippen molar-refractivity contribution in [3.63, 3.8) is 0 Å². The van der Waals surface area contributed by atoms with E-state index in [4.69, 9.17) is 11.6 Å². The number of nitrogens with one attached hydrogen (secondary N) is 2. The second-order valence-corrected chi connectivity index (χ2v) is 8.49. The van der Waals surface area contributed by atoms with E-state index in [9.17, 15) is 19.2 Å². The van der Waals surface area contributed by atoms with E-state index in [1.54, 1.807) is 36.4 Å². The number of aromatic nitrogens is 2. The van der Waals surface area contributed by atoms with Crippen LogP contribution < -0.4 is 21.9 Å². The minimum Gasteiger partial charge on any atom is -0.356 e. The molecule has 0 fully saturated rings. The Bertz CT molecular complexity index is 1260. The van der Waals surface area contributed by atoms with Gasteiger partial charge in [0.1, 0.15) is 6.54 Å². The van der Waals surface area contributed by atoms with Gasteiger partial charge >= 0.3 is 5.69 Å². The highest BCUT2D eigenvalue weighted by Gasteiger charge is 2.15. The third-order valence-corrected chi connectivity index (χ3v) is 5.70. The summed E-state index contributed by atoms with van der Waals surface area (Å²) in [6, 6.07) is 13.9.